The number of carbonyl (C=O) groups is 2. The molecule has 1 aliphatic heterocycles. The average molecular weight is 308 g/mol. The maximum absolute atomic E-state index is 13.0. The van der Waals surface area contributed by atoms with Crippen LogP contribution in [-0.4, -0.2) is 50.6 Å². The van der Waals surface area contributed by atoms with Gasteiger partial charge in [-0.3, -0.25) is 9.59 Å². The van der Waals surface area contributed by atoms with Crippen molar-refractivity contribution in [2.75, 3.05) is 37.6 Å². The molecular formula is C15H21FN4O2. The van der Waals surface area contributed by atoms with Crippen LogP contribution in [0.5, 0.6) is 0 Å². The fourth-order valence-electron chi connectivity index (χ4n) is 2.36. The lowest BCUT2D eigenvalue weighted by atomic mass is 10.1. The van der Waals surface area contributed by atoms with E-state index in [1.54, 1.807) is 12.1 Å². The maximum atomic E-state index is 13.0. The van der Waals surface area contributed by atoms with Crippen LogP contribution in [0.4, 0.5) is 10.1 Å². The van der Waals surface area contributed by atoms with E-state index >= 15 is 0 Å². The molecule has 22 heavy (non-hydrogen) atoms. The minimum absolute atomic E-state index is 0.0998. The van der Waals surface area contributed by atoms with Crippen molar-refractivity contribution in [2.45, 2.75) is 13.0 Å². The predicted molar refractivity (Wildman–Crippen MR) is 82.1 cm³/mol. The van der Waals surface area contributed by atoms with Crippen molar-refractivity contribution in [3.05, 3.63) is 30.1 Å². The first kappa shape index (κ1) is 16.2. The third-order valence-electron chi connectivity index (χ3n) is 3.48. The van der Waals surface area contributed by atoms with Gasteiger partial charge in [-0.25, -0.2) is 4.39 Å². The summed E-state index contributed by atoms with van der Waals surface area (Å²) in [5.74, 6) is -0.490. The van der Waals surface area contributed by atoms with Gasteiger partial charge >= 0.3 is 0 Å². The smallest absolute Gasteiger partial charge is 0.239 e. The maximum Gasteiger partial charge on any atom is 0.239 e. The van der Waals surface area contributed by atoms with Gasteiger partial charge in [0.05, 0.1) is 0 Å². The van der Waals surface area contributed by atoms with Crippen LogP contribution in [0, 0.1) is 5.82 Å². The standard InChI is InChI=1S/C15H21FN4O2/c1-11(21)17-6-7-19-15(22)14-10-20(9-8-18-14)13-4-2-12(16)3-5-13/h2-5,14,18H,6-10H2,1H3,(H,17,21)(H,19,22)/t14-/m0/s1. The number of nitrogens with one attached hydrogen (secondary N) is 3. The van der Waals surface area contributed by atoms with Gasteiger partial charge in [-0.15, -0.1) is 0 Å². The van der Waals surface area contributed by atoms with Gasteiger partial charge in [0.15, 0.2) is 0 Å². The summed E-state index contributed by atoms with van der Waals surface area (Å²) in [5, 5.41) is 8.57. The molecule has 2 amide bonds. The van der Waals surface area contributed by atoms with Crippen LogP contribution in [0.15, 0.2) is 24.3 Å². The molecule has 0 aliphatic carbocycles. The van der Waals surface area contributed by atoms with Crippen LogP contribution in [0.3, 0.4) is 0 Å². The normalized spacial score (nSPS) is 17.9. The number of benzene rings is 1. The summed E-state index contributed by atoms with van der Waals surface area (Å²) in [6.07, 6.45) is 0. The van der Waals surface area contributed by atoms with Gasteiger partial charge in [0.25, 0.3) is 0 Å². The Kier molecular flexibility index (Phi) is 5.71. The van der Waals surface area contributed by atoms with Crippen LogP contribution in [-0.2, 0) is 9.59 Å². The molecule has 0 radical (unpaired) electrons. The molecule has 1 saturated heterocycles. The molecule has 2 rings (SSSR count). The molecule has 0 unspecified atom stereocenters. The highest BCUT2D eigenvalue weighted by molar-refractivity contribution is 5.83. The lowest BCUT2D eigenvalue weighted by Crippen LogP contribution is -2.57. The molecule has 1 aromatic carbocycles. The number of hydrogen-bond donors (Lipinski definition) is 3. The highest BCUT2D eigenvalue weighted by atomic mass is 19.1. The van der Waals surface area contributed by atoms with Crippen molar-refractivity contribution in [2.24, 2.45) is 0 Å². The van der Waals surface area contributed by atoms with Gasteiger partial charge in [0.2, 0.25) is 11.8 Å². The number of piperazine rings is 1. The summed E-state index contributed by atoms with van der Waals surface area (Å²) in [6.45, 7) is 4.22. The zero-order valence-corrected chi connectivity index (χ0v) is 12.6. The Labute approximate surface area is 129 Å². The van der Waals surface area contributed by atoms with Gasteiger partial charge in [0, 0.05) is 45.3 Å². The molecule has 1 aromatic rings. The number of anilines is 1. The van der Waals surface area contributed by atoms with Gasteiger partial charge in [-0.1, -0.05) is 0 Å². The van der Waals surface area contributed by atoms with Crippen molar-refractivity contribution in [1.82, 2.24) is 16.0 Å². The van der Waals surface area contributed by atoms with Crippen molar-refractivity contribution in [3.8, 4) is 0 Å². The number of hydrogen-bond acceptors (Lipinski definition) is 4. The molecule has 1 aliphatic rings. The van der Waals surface area contributed by atoms with Crippen molar-refractivity contribution < 1.29 is 14.0 Å². The summed E-state index contributed by atoms with van der Waals surface area (Å²) in [6, 6.07) is 5.94. The first-order chi connectivity index (χ1) is 10.6. The van der Waals surface area contributed by atoms with Crippen LogP contribution in [0.2, 0.25) is 0 Å². The molecule has 0 bridgehead atoms. The lowest BCUT2D eigenvalue weighted by Gasteiger charge is -2.34. The topological polar surface area (TPSA) is 73.5 Å². The number of rotatable bonds is 5. The summed E-state index contributed by atoms with van der Waals surface area (Å²) in [5.41, 5.74) is 0.902. The SMILES string of the molecule is CC(=O)NCCNC(=O)[C@@H]1CN(c2ccc(F)cc2)CCN1. The molecule has 6 nitrogen and oxygen atoms in total. The minimum atomic E-state index is -0.323. The zero-order chi connectivity index (χ0) is 15.9. The van der Waals surface area contributed by atoms with Crippen LogP contribution < -0.4 is 20.9 Å². The largest absolute Gasteiger partial charge is 0.368 e. The van der Waals surface area contributed by atoms with E-state index in [1.807, 2.05) is 4.90 Å². The van der Waals surface area contributed by atoms with Crippen LogP contribution >= 0.6 is 0 Å². The van der Waals surface area contributed by atoms with E-state index in [-0.39, 0.29) is 23.7 Å². The number of halogens is 1. The number of amides is 2. The van der Waals surface area contributed by atoms with Gasteiger partial charge in [-0.05, 0) is 24.3 Å². The van der Waals surface area contributed by atoms with Gasteiger partial charge < -0.3 is 20.9 Å². The van der Waals surface area contributed by atoms with E-state index < -0.39 is 0 Å². The monoisotopic (exact) mass is 308 g/mol. The van der Waals surface area contributed by atoms with Gasteiger partial charge in [0.1, 0.15) is 11.9 Å². The average Bonchev–Trinajstić information content (AvgIpc) is 2.52. The van der Waals surface area contributed by atoms with E-state index in [2.05, 4.69) is 16.0 Å². The summed E-state index contributed by atoms with van der Waals surface area (Å²) >= 11 is 0. The summed E-state index contributed by atoms with van der Waals surface area (Å²) < 4.78 is 13.0. The molecule has 0 saturated carbocycles. The van der Waals surface area contributed by atoms with Gasteiger partial charge in [-0.2, -0.15) is 0 Å². The lowest BCUT2D eigenvalue weighted by molar-refractivity contribution is -0.123. The number of carbonyl (C=O) groups excluding carboxylic acids is 2. The van der Waals surface area contributed by atoms with E-state index in [0.29, 0.717) is 26.2 Å². The fourth-order valence-corrected chi connectivity index (χ4v) is 2.36. The second kappa shape index (κ2) is 7.74. The van der Waals surface area contributed by atoms with E-state index in [1.165, 1.54) is 19.1 Å². The Morgan fingerprint density at radius 3 is 2.64 bits per heavy atom. The first-order valence-electron chi connectivity index (χ1n) is 7.32. The molecule has 7 heteroatoms. The molecule has 1 atom stereocenters. The summed E-state index contributed by atoms with van der Waals surface area (Å²) in [7, 11) is 0. The second-order valence-electron chi connectivity index (χ2n) is 5.20. The third-order valence-corrected chi connectivity index (χ3v) is 3.48. The van der Waals surface area contributed by atoms with Crippen molar-refractivity contribution in [3.63, 3.8) is 0 Å². The second-order valence-corrected chi connectivity index (χ2v) is 5.20. The Morgan fingerprint density at radius 1 is 1.27 bits per heavy atom. The van der Waals surface area contributed by atoms with Crippen molar-refractivity contribution >= 4 is 17.5 Å². The summed E-state index contributed by atoms with van der Waals surface area (Å²) in [4.78, 5) is 24.9. The first-order valence-corrected chi connectivity index (χ1v) is 7.32. The molecule has 3 N–H and O–H groups in total. The highest BCUT2D eigenvalue weighted by Gasteiger charge is 2.25. The number of nitrogens with zero attached hydrogens (tertiary/aromatic N) is 1. The van der Waals surface area contributed by atoms with E-state index in [9.17, 15) is 14.0 Å². The molecule has 1 fully saturated rings. The molecule has 120 valence electrons. The van der Waals surface area contributed by atoms with Crippen LogP contribution in [0.1, 0.15) is 6.92 Å². The van der Waals surface area contributed by atoms with E-state index in [4.69, 9.17) is 0 Å². The Bertz CT molecular complexity index is 521. The third kappa shape index (κ3) is 4.70. The molecular weight excluding hydrogens is 287 g/mol. The Morgan fingerprint density at radius 2 is 1.95 bits per heavy atom. The molecule has 1 heterocycles. The van der Waals surface area contributed by atoms with Crippen LogP contribution in [0.25, 0.3) is 0 Å². The van der Waals surface area contributed by atoms with Crippen molar-refractivity contribution in [1.29, 1.82) is 0 Å². The molecule has 0 spiro atoms. The Balaban J connectivity index is 1.83. The fraction of sp³-hybridized carbons (Fsp3) is 0.467. The zero-order valence-electron chi connectivity index (χ0n) is 12.6. The minimum Gasteiger partial charge on any atom is -0.368 e. The predicted octanol–water partition coefficient (Wildman–Crippen LogP) is -0.144. The highest BCUT2D eigenvalue weighted by Crippen LogP contribution is 2.16. The Hall–Kier alpha value is -2.15. The molecule has 0 aromatic heterocycles. The quantitative estimate of drug-likeness (QED) is 0.662. The van der Waals surface area contributed by atoms with E-state index in [0.717, 1.165) is 12.2 Å².